The van der Waals surface area contributed by atoms with Crippen molar-refractivity contribution in [1.29, 1.82) is 0 Å². The van der Waals surface area contributed by atoms with Crippen molar-refractivity contribution in [2.45, 2.75) is 63.9 Å². The van der Waals surface area contributed by atoms with Crippen molar-refractivity contribution < 1.29 is 22.5 Å². The topological polar surface area (TPSA) is 49.3 Å². The van der Waals surface area contributed by atoms with Gasteiger partial charge in [-0.15, -0.1) is 0 Å². The number of alkyl halides is 2. The number of benzene rings is 1. The molecule has 1 rings (SSSR count). The molecule has 3 nitrogen and oxygen atoms in total. The highest BCUT2D eigenvalue weighted by molar-refractivity contribution is 7.84. The molecule has 0 saturated heterocycles. The number of halogens is 3. The molecule has 2 N–H and O–H groups in total. The second-order valence-electron chi connectivity index (χ2n) is 7.09. The lowest BCUT2D eigenvalue weighted by molar-refractivity contribution is -0.168. The van der Waals surface area contributed by atoms with Gasteiger partial charge in [0.1, 0.15) is 11.4 Å². The summed E-state index contributed by atoms with van der Waals surface area (Å²) in [6.45, 7) is 8.78. The Morgan fingerprint density at radius 2 is 1.70 bits per heavy atom. The third-order valence-electron chi connectivity index (χ3n) is 3.43. The molecule has 0 radical (unpaired) electrons. The van der Waals surface area contributed by atoms with Crippen LogP contribution in [0.25, 0.3) is 0 Å². The van der Waals surface area contributed by atoms with Crippen molar-refractivity contribution in [2.75, 3.05) is 0 Å². The van der Waals surface area contributed by atoms with E-state index in [0.717, 1.165) is 32.0 Å². The van der Waals surface area contributed by atoms with Crippen LogP contribution in [0.4, 0.5) is 13.2 Å². The Morgan fingerprint density at radius 3 is 2.13 bits per heavy atom. The fraction of sp³-hybridized carbons (Fsp3) is 0.625. The second-order valence-corrected chi connectivity index (χ2v) is 9.09. The molecule has 0 aromatic heterocycles. The van der Waals surface area contributed by atoms with E-state index in [1.807, 2.05) is 0 Å². The molecule has 1 aromatic carbocycles. The van der Waals surface area contributed by atoms with Crippen LogP contribution in [0.15, 0.2) is 18.2 Å². The Balaban J connectivity index is 3.19. The molecule has 0 aliphatic carbocycles. The van der Waals surface area contributed by atoms with Crippen molar-refractivity contribution >= 4 is 11.0 Å². The van der Waals surface area contributed by atoms with Gasteiger partial charge in [-0.05, 0) is 53.7 Å². The van der Waals surface area contributed by atoms with Crippen LogP contribution in [0.3, 0.4) is 0 Å². The Morgan fingerprint density at radius 1 is 1.17 bits per heavy atom. The first-order valence-electron chi connectivity index (χ1n) is 7.26. The summed E-state index contributed by atoms with van der Waals surface area (Å²) in [4.78, 5) is 0. The zero-order valence-corrected chi connectivity index (χ0v) is 15.0. The minimum absolute atomic E-state index is 0.0241. The van der Waals surface area contributed by atoms with Gasteiger partial charge in [-0.1, -0.05) is 6.07 Å². The molecule has 1 unspecified atom stereocenters. The molecule has 0 bridgehead atoms. The molecular weight excluding hydrogens is 327 g/mol. The molecule has 0 saturated carbocycles. The number of hydrogen-bond donors (Lipinski definition) is 2. The predicted molar refractivity (Wildman–Crippen MR) is 86.0 cm³/mol. The third kappa shape index (κ3) is 4.55. The molecule has 2 atom stereocenters. The monoisotopic (exact) mass is 351 g/mol. The van der Waals surface area contributed by atoms with Crippen LogP contribution in [-0.4, -0.2) is 19.7 Å². The summed E-state index contributed by atoms with van der Waals surface area (Å²) in [5, 5.41) is 9.64. The molecule has 0 fully saturated rings. The van der Waals surface area contributed by atoms with Crippen molar-refractivity contribution in [1.82, 2.24) is 4.72 Å². The lowest BCUT2D eigenvalue weighted by Crippen LogP contribution is -2.40. The fourth-order valence-corrected chi connectivity index (χ4v) is 2.63. The lowest BCUT2D eigenvalue weighted by atomic mass is 9.91. The average Bonchev–Trinajstić information content (AvgIpc) is 2.36. The number of nitrogens with one attached hydrogen (secondary N) is 1. The summed E-state index contributed by atoms with van der Waals surface area (Å²) in [5.74, 6) is -4.22. The molecule has 0 spiro atoms. The van der Waals surface area contributed by atoms with Crippen molar-refractivity contribution in [2.24, 2.45) is 0 Å². The van der Waals surface area contributed by atoms with E-state index >= 15 is 0 Å². The standard InChI is InChI=1S/C16H24F3NO2S/c1-10(20-23(22)14(2,3)4)12-9-11(7-8-13(12)17)16(18,19)15(5,6)21/h7-10,20-21H,1-6H3/t10-,23?/m1/s1. The molecule has 1 aromatic rings. The molecule has 23 heavy (non-hydrogen) atoms. The first kappa shape index (κ1) is 20.1. The molecule has 0 aliphatic heterocycles. The van der Waals surface area contributed by atoms with Gasteiger partial charge in [0.25, 0.3) is 0 Å². The van der Waals surface area contributed by atoms with Gasteiger partial charge in [0, 0.05) is 17.2 Å². The number of hydrogen-bond acceptors (Lipinski definition) is 2. The van der Waals surface area contributed by atoms with Crippen LogP contribution in [0, 0.1) is 5.82 Å². The van der Waals surface area contributed by atoms with Gasteiger partial charge in [-0.3, -0.25) is 0 Å². The summed E-state index contributed by atoms with van der Waals surface area (Å²) >= 11 is 0. The van der Waals surface area contributed by atoms with E-state index in [4.69, 9.17) is 0 Å². The highest BCUT2D eigenvalue weighted by Gasteiger charge is 2.47. The molecule has 0 amide bonds. The van der Waals surface area contributed by atoms with Gasteiger partial charge < -0.3 is 5.11 Å². The normalized spacial score (nSPS) is 16.3. The quantitative estimate of drug-likeness (QED) is 0.848. The molecule has 132 valence electrons. The summed E-state index contributed by atoms with van der Waals surface area (Å²) in [5.41, 5.74) is -2.80. The maximum atomic E-state index is 14.2. The summed E-state index contributed by atoms with van der Waals surface area (Å²) in [6.07, 6.45) is 0. The van der Waals surface area contributed by atoms with E-state index < -0.39 is 44.7 Å². The Bertz CT molecular complexity index is 592. The number of rotatable bonds is 5. The van der Waals surface area contributed by atoms with Crippen LogP contribution < -0.4 is 4.72 Å². The zero-order valence-electron chi connectivity index (χ0n) is 14.2. The largest absolute Gasteiger partial charge is 0.384 e. The fourth-order valence-electron chi connectivity index (χ4n) is 1.82. The van der Waals surface area contributed by atoms with Gasteiger partial charge in [-0.25, -0.2) is 13.3 Å². The summed E-state index contributed by atoms with van der Waals surface area (Å²) in [6, 6.07) is 2.16. The van der Waals surface area contributed by atoms with Crippen LogP contribution in [-0.2, 0) is 16.9 Å². The molecule has 7 heteroatoms. The minimum atomic E-state index is -3.54. The van der Waals surface area contributed by atoms with E-state index in [-0.39, 0.29) is 5.56 Å². The zero-order chi connectivity index (χ0) is 18.2. The van der Waals surface area contributed by atoms with Crippen LogP contribution >= 0.6 is 0 Å². The molecular formula is C16H24F3NO2S. The van der Waals surface area contributed by atoms with Crippen molar-refractivity contribution in [3.05, 3.63) is 35.1 Å². The van der Waals surface area contributed by atoms with E-state index in [2.05, 4.69) is 4.72 Å². The lowest BCUT2D eigenvalue weighted by Gasteiger charge is -2.30. The average molecular weight is 351 g/mol. The smallest absolute Gasteiger partial charge is 0.300 e. The maximum absolute atomic E-state index is 14.2. The molecule has 0 heterocycles. The Kier molecular flexibility index (Phi) is 5.71. The van der Waals surface area contributed by atoms with Crippen molar-refractivity contribution in [3.63, 3.8) is 0 Å². The molecule has 0 aliphatic rings. The van der Waals surface area contributed by atoms with Gasteiger partial charge in [-0.2, -0.15) is 8.78 Å². The predicted octanol–water partition coefficient (Wildman–Crippen LogP) is 3.80. The number of aliphatic hydroxyl groups is 1. The SMILES string of the molecule is C[C@@H](NS(=O)C(C)(C)C)c1cc(C(F)(F)C(C)(C)O)ccc1F. The van der Waals surface area contributed by atoms with E-state index in [1.165, 1.54) is 0 Å². The van der Waals surface area contributed by atoms with Crippen molar-refractivity contribution in [3.8, 4) is 0 Å². The van der Waals surface area contributed by atoms with E-state index in [0.29, 0.717) is 0 Å². The first-order valence-corrected chi connectivity index (χ1v) is 8.41. The van der Waals surface area contributed by atoms with E-state index in [9.17, 15) is 22.5 Å². The maximum Gasteiger partial charge on any atom is 0.300 e. The van der Waals surface area contributed by atoms with Gasteiger partial charge in [0.15, 0.2) is 0 Å². The van der Waals surface area contributed by atoms with Crippen LogP contribution in [0.5, 0.6) is 0 Å². The highest BCUT2D eigenvalue weighted by atomic mass is 32.2. The minimum Gasteiger partial charge on any atom is -0.384 e. The Labute approximate surface area is 137 Å². The first-order chi connectivity index (χ1) is 10.2. The Hall–Kier alpha value is -0.920. The summed E-state index contributed by atoms with van der Waals surface area (Å²) in [7, 11) is -1.47. The van der Waals surface area contributed by atoms with Gasteiger partial charge in [0.2, 0.25) is 0 Å². The second kappa shape index (κ2) is 6.53. The third-order valence-corrected chi connectivity index (χ3v) is 5.11. The van der Waals surface area contributed by atoms with Crippen LogP contribution in [0.2, 0.25) is 0 Å². The summed E-state index contributed by atoms with van der Waals surface area (Å²) < 4.78 is 56.7. The van der Waals surface area contributed by atoms with Crippen LogP contribution in [0.1, 0.15) is 58.7 Å². The van der Waals surface area contributed by atoms with E-state index in [1.54, 1.807) is 27.7 Å². The highest BCUT2D eigenvalue weighted by Crippen LogP contribution is 2.39. The van der Waals surface area contributed by atoms with Gasteiger partial charge >= 0.3 is 5.92 Å². The van der Waals surface area contributed by atoms with Gasteiger partial charge in [0.05, 0.1) is 15.7 Å².